The minimum atomic E-state index is -0.606. The zero-order chi connectivity index (χ0) is 17.8. The van der Waals surface area contributed by atoms with E-state index in [-0.39, 0.29) is 12.6 Å². The van der Waals surface area contributed by atoms with Crippen LogP contribution in [0.25, 0.3) is 0 Å². The molecule has 0 fully saturated rings. The number of esters is 1. The van der Waals surface area contributed by atoms with Crippen molar-refractivity contribution < 1.29 is 19.4 Å². The zero-order valence-corrected chi connectivity index (χ0v) is 14.6. The Labute approximate surface area is 147 Å². The average Bonchev–Trinajstić information content (AvgIpc) is 3.11. The molecule has 25 heavy (non-hydrogen) atoms. The molecule has 1 aromatic heterocycles. The summed E-state index contributed by atoms with van der Waals surface area (Å²) in [5.41, 5.74) is 1.70. The van der Waals surface area contributed by atoms with E-state index in [1.165, 1.54) is 12.8 Å². The second kappa shape index (κ2) is 7.72. The second-order valence-electron chi connectivity index (χ2n) is 6.28. The van der Waals surface area contributed by atoms with Gasteiger partial charge in [-0.25, -0.2) is 4.79 Å². The summed E-state index contributed by atoms with van der Waals surface area (Å²) in [5.74, 6) is 0.138. The van der Waals surface area contributed by atoms with Gasteiger partial charge < -0.3 is 19.1 Å². The fraction of sp³-hybridized carbons (Fsp3) is 0.421. The number of methoxy groups -OCH3 is 1. The Balaban J connectivity index is 1.53. The van der Waals surface area contributed by atoms with Crippen molar-refractivity contribution in [2.24, 2.45) is 0 Å². The average molecular weight is 344 g/mol. The first-order chi connectivity index (χ1) is 12.1. The zero-order valence-electron chi connectivity index (χ0n) is 14.6. The van der Waals surface area contributed by atoms with Crippen LogP contribution in [0.2, 0.25) is 0 Å². The highest BCUT2D eigenvalue weighted by molar-refractivity contribution is 5.89. The maximum atomic E-state index is 11.5. The van der Waals surface area contributed by atoms with Crippen LogP contribution in [0.15, 0.2) is 42.6 Å². The van der Waals surface area contributed by atoms with Gasteiger partial charge in [0.15, 0.2) is 0 Å². The molecule has 0 saturated carbocycles. The van der Waals surface area contributed by atoms with Gasteiger partial charge in [0.1, 0.15) is 18.5 Å². The lowest BCUT2D eigenvalue weighted by molar-refractivity contribution is 0.0452. The molecule has 1 aliphatic heterocycles. The number of aromatic nitrogens is 1. The molecule has 0 saturated heterocycles. The molecule has 0 spiro atoms. The second-order valence-corrected chi connectivity index (χ2v) is 6.28. The number of ether oxygens (including phenoxy) is 2. The summed E-state index contributed by atoms with van der Waals surface area (Å²) < 4.78 is 12.6. The predicted molar refractivity (Wildman–Crippen MR) is 93.7 cm³/mol. The number of aliphatic hydroxyl groups excluding tert-OH is 1. The maximum Gasteiger partial charge on any atom is 0.337 e. The summed E-state index contributed by atoms with van der Waals surface area (Å²) in [7, 11) is 1.34. The number of carbonyl (C=O) groups is 1. The molecule has 3 rings (SSSR count). The van der Waals surface area contributed by atoms with E-state index >= 15 is 0 Å². The van der Waals surface area contributed by atoms with E-state index in [2.05, 4.69) is 34.7 Å². The Morgan fingerprint density at radius 3 is 2.96 bits per heavy atom. The van der Waals surface area contributed by atoms with Crippen LogP contribution in [0, 0.1) is 0 Å². The molecule has 1 N–H and O–H groups in total. The van der Waals surface area contributed by atoms with Gasteiger partial charge in [0.25, 0.3) is 0 Å². The fourth-order valence-electron chi connectivity index (χ4n) is 3.22. The number of fused-ring (bicyclic) bond motifs is 1. The minimum absolute atomic E-state index is 0.175. The summed E-state index contributed by atoms with van der Waals surface area (Å²) in [6.07, 6.45) is 1.49. The van der Waals surface area contributed by atoms with Crippen molar-refractivity contribution in [1.82, 2.24) is 9.47 Å². The Morgan fingerprint density at radius 1 is 1.32 bits per heavy atom. The number of nitrogens with zero attached hydrogens (tertiary/aromatic N) is 2. The Kier molecular flexibility index (Phi) is 5.40. The lowest BCUT2D eigenvalue weighted by Gasteiger charge is -2.36. The first-order valence-electron chi connectivity index (χ1n) is 8.47. The Hall–Kier alpha value is -2.31. The number of benzene rings is 1. The van der Waals surface area contributed by atoms with Gasteiger partial charge in [-0.15, -0.1) is 0 Å². The van der Waals surface area contributed by atoms with Crippen LogP contribution >= 0.6 is 0 Å². The highest BCUT2D eigenvalue weighted by Crippen LogP contribution is 2.25. The topological polar surface area (TPSA) is 63.9 Å². The van der Waals surface area contributed by atoms with Crippen LogP contribution in [0.1, 0.15) is 29.0 Å². The van der Waals surface area contributed by atoms with Gasteiger partial charge in [-0.3, -0.25) is 4.90 Å². The van der Waals surface area contributed by atoms with E-state index in [9.17, 15) is 9.90 Å². The SMILES string of the molecule is COC(=O)c1cccc(OCC(O)CN2CCn3cccc3C2C)c1. The maximum absolute atomic E-state index is 11.5. The van der Waals surface area contributed by atoms with Gasteiger partial charge in [0, 0.05) is 37.6 Å². The Bertz CT molecular complexity index is 728. The summed E-state index contributed by atoms with van der Waals surface area (Å²) in [4.78, 5) is 13.8. The van der Waals surface area contributed by atoms with E-state index in [0.717, 1.165) is 13.1 Å². The van der Waals surface area contributed by atoms with Crippen molar-refractivity contribution in [2.45, 2.75) is 25.6 Å². The fourth-order valence-corrected chi connectivity index (χ4v) is 3.22. The standard InChI is InChI=1S/C19H24N2O4/c1-14-18-7-4-8-20(18)9-10-21(14)12-16(22)13-25-17-6-3-5-15(11-17)19(23)24-2/h3-8,11,14,16,22H,9-10,12-13H2,1-2H3. The summed E-state index contributed by atoms with van der Waals surface area (Å²) >= 11 is 0. The van der Waals surface area contributed by atoms with E-state index in [0.29, 0.717) is 17.9 Å². The third-order valence-electron chi connectivity index (χ3n) is 4.61. The van der Waals surface area contributed by atoms with Crippen LogP contribution in [0.5, 0.6) is 5.75 Å². The highest BCUT2D eigenvalue weighted by Gasteiger charge is 2.25. The Morgan fingerprint density at radius 2 is 2.16 bits per heavy atom. The molecule has 6 nitrogen and oxygen atoms in total. The summed E-state index contributed by atoms with van der Waals surface area (Å²) in [5, 5.41) is 10.3. The van der Waals surface area contributed by atoms with Gasteiger partial charge in [0.05, 0.1) is 12.7 Å². The van der Waals surface area contributed by atoms with Gasteiger partial charge in [0.2, 0.25) is 0 Å². The van der Waals surface area contributed by atoms with Gasteiger partial charge in [-0.1, -0.05) is 6.07 Å². The number of hydrogen-bond donors (Lipinski definition) is 1. The van der Waals surface area contributed by atoms with Crippen molar-refractivity contribution in [3.63, 3.8) is 0 Å². The van der Waals surface area contributed by atoms with Gasteiger partial charge in [-0.05, 0) is 37.3 Å². The molecule has 0 aliphatic carbocycles. The van der Waals surface area contributed by atoms with Crippen LogP contribution in [0.4, 0.5) is 0 Å². The van der Waals surface area contributed by atoms with E-state index in [1.807, 2.05) is 0 Å². The molecular formula is C19H24N2O4. The lowest BCUT2D eigenvalue weighted by Crippen LogP contribution is -2.42. The number of aliphatic hydroxyl groups is 1. The molecule has 2 heterocycles. The summed E-state index contributed by atoms with van der Waals surface area (Å²) in [6, 6.07) is 11.2. The molecule has 1 aromatic carbocycles. The van der Waals surface area contributed by atoms with E-state index in [4.69, 9.17) is 9.47 Å². The smallest absolute Gasteiger partial charge is 0.337 e. The van der Waals surface area contributed by atoms with E-state index in [1.54, 1.807) is 24.3 Å². The van der Waals surface area contributed by atoms with Gasteiger partial charge in [-0.2, -0.15) is 0 Å². The first kappa shape index (κ1) is 17.5. The molecule has 2 unspecified atom stereocenters. The summed E-state index contributed by atoms with van der Waals surface area (Å²) in [6.45, 7) is 4.70. The molecule has 2 aromatic rings. The molecule has 134 valence electrons. The largest absolute Gasteiger partial charge is 0.491 e. The predicted octanol–water partition coefficient (Wildman–Crippen LogP) is 2.09. The van der Waals surface area contributed by atoms with Crippen molar-refractivity contribution in [3.8, 4) is 5.75 Å². The molecular weight excluding hydrogens is 320 g/mol. The molecule has 6 heteroatoms. The minimum Gasteiger partial charge on any atom is -0.491 e. The van der Waals surface area contributed by atoms with E-state index < -0.39 is 12.1 Å². The van der Waals surface area contributed by atoms with Crippen LogP contribution in [-0.4, -0.2) is 53.5 Å². The van der Waals surface area contributed by atoms with Crippen LogP contribution in [0.3, 0.4) is 0 Å². The molecule has 0 radical (unpaired) electrons. The normalized spacial score (nSPS) is 18.4. The number of hydrogen-bond acceptors (Lipinski definition) is 5. The van der Waals surface area contributed by atoms with Crippen molar-refractivity contribution in [3.05, 3.63) is 53.9 Å². The quantitative estimate of drug-likeness (QED) is 0.813. The molecule has 1 aliphatic rings. The first-order valence-corrected chi connectivity index (χ1v) is 8.47. The van der Waals surface area contributed by atoms with Crippen molar-refractivity contribution in [1.29, 1.82) is 0 Å². The van der Waals surface area contributed by atoms with Crippen molar-refractivity contribution >= 4 is 5.97 Å². The van der Waals surface area contributed by atoms with Crippen LogP contribution < -0.4 is 4.74 Å². The van der Waals surface area contributed by atoms with Crippen molar-refractivity contribution in [2.75, 3.05) is 26.8 Å². The third kappa shape index (κ3) is 4.03. The highest BCUT2D eigenvalue weighted by atomic mass is 16.5. The number of carbonyl (C=O) groups excluding carboxylic acids is 1. The van der Waals surface area contributed by atoms with Gasteiger partial charge >= 0.3 is 5.97 Å². The van der Waals surface area contributed by atoms with Crippen LogP contribution in [-0.2, 0) is 11.3 Å². The lowest BCUT2D eigenvalue weighted by atomic mass is 10.1. The monoisotopic (exact) mass is 344 g/mol. The molecule has 0 amide bonds. The number of β-amino-alcohol motifs (C(OH)–C–C–N with tert-alkyl or cyclic N) is 1. The third-order valence-corrected chi connectivity index (χ3v) is 4.61. The number of rotatable bonds is 6. The molecule has 2 atom stereocenters. The molecule has 0 bridgehead atoms.